The molecule has 1 heterocycles. The van der Waals surface area contributed by atoms with Gasteiger partial charge in [-0.05, 0) is 44.4 Å². The summed E-state index contributed by atoms with van der Waals surface area (Å²) in [6.07, 6.45) is 6.99. The summed E-state index contributed by atoms with van der Waals surface area (Å²) in [6.45, 7) is 3.43. The lowest BCUT2D eigenvalue weighted by Crippen LogP contribution is -2.88. The molecule has 4 nitrogen and oxygen atoms in total. The summed E-state index contributed by atoms with van der Waals surface area (Å²) in [7, 11) is 0. The second-order valence-electron chi connectivity index (χ2n) is 6.98. The minimum absolute atomic E-state index is 0. The van der Waals surface area contributed by atoms with Gasteiger partial charge in [0.05, 0.1) is 12.6 Å². The molecular weight excluding hydrogens is 324 g/mol. The number of carbonyl (C=O) groups is 1. The minimum atomic E-state index is -0.0970. The number of carbonyl (C=O) groups excluding carboxylic acids is 1. The maximum absolute atomic E-state index is 11.9. The second kappa shape index (κ2) is 9.90. The van der Waals surface area contributed by atoms with E-state index in [-0.39, 0.29) is 18.5 Å². The molecule has 3 rings (SSSR count). The molecule has 1 aliphatic heterocycles. The first-order valence-corrected chi connectivity index (χ1v) is 9.10. The van der Waals surface area contributed by atoms with Crippen LogP contribution in [-0.2, 0) is 11.3 Å². The van der Waals surface area contributed by atoms with Crippen molar-refractivity contribution in [2.24, 2.45) is 5.92 Å². The van der Waals surface area contributed by atoms with Crippen LogP contribution in [0.4, 0.5) is 4.79 Å². The van der Waals surface area contributed by atoms with Crippen molar-refractivity contribution < 1.29 is 14.8 Å². The highest BCUT2D eigenvalue weighted by Gasteiger charge is 2.25. The predicted octanol–water partition coefficient (Wildman–Crippen LogP) is 2.96. The SMILES string of the molecule is Cl.O=C(OCC1CCC([NH2+]Cc2ccccc2)CC1)N1CCCC1. The van der Waals surface area contributed by atoms with Gasteiger partial charge >= 0.3 is 6.09 Å². The van der Waals surface area contributed by atoms with Gasteiger partial charge in [0.2, 0.25) is 0 Å². The van der Waals surface area contributed by atoms with E-state index in [9.17, 15) is 4.79 Å². The number of hydrogen-bond donors (Lipinski definition) is 1. The molecule has 2 fully saturated rings. The van der Waals surface area contributed by atoms with E-state index in [0.717, 1.165) is 38.5 Å². The molecule has 0 radical (unpaired) electrons. The van der Waals surface area contributed by atoms with Gasteiger partial charge in [-0.1, -0.05) is 30.3 Å². The molecule has 1 saturated heterocycles. The van der Waals surface area contributed by atoms with Crippen molar-refractivity contribution in [2.45, 2.75) is 51.1 Å². The molecule has 24 heavy (non-hydrogen) atoms. The van der Waals surface area contributed by atoms with Crippen LogP contribution in [0.3, 0.4) is 0 Å². The number of likely N-dealkylation sites (tertiary alicyclic amines) is 1. The van der Waals surface area contributed by atoms with Crippen LogP contribution >= 0.6 is 12.4 Å². The zero-order chi connectivity index (χ0) is 15.9. The summed E-state index contributed by atoms with van der Waals surface area (Å²) in [6, 6.07) is 11.4. The molecule has 5 heteroatoms. The zero-order valence-electron chi connectivity index (χ0n) is 14.4. The van der Waals surface area contributed by atoms with Crippen LogP contribution in [0.25, 0.3) is 0 Å². The predicted molar refractivity (Wildman–Crippen MR) is 97.2 cm³/mol. The van der Waals surface area contributed by atoms with E-state index in [1.54, 1.807) is 0 Å². The van der Waals surface area contributed by atoms with Crippen LogP contribution in [0, 0.1) is 5.92 Å². The Hall–Kier alpha value is -1.26. The Morgan fingerprint density at radius 1 is 1.08 bits per heavy atom. The Morgan fingerprint density at radius 2 is 1.75 bits per heavy atom. The molecule has 0 atom stereocenters. The fourth-order valence-electron chi connectivity index (χ4n) is 3.69. The van der Waals surface area contributed by atoms with Gasteiger partial charge in [0, 0.05) is 18.7 Å². The maximum atomic E-state index is 11.9. The zero-order valence-corrected chi connectivity index (χ0v) is 15.2. The highest BCUT2D eigenvalue weighted by atomic mass is 35.5. The van der Waals surface area contributed by atoms with Crippen LogP contribution in [0.15, 0.2) is 30.3 Å². The van der Waals surface area contributed by atoms with E-state index in [4.69, 9.17) is 4.74 Å². The third kappa shape index (κ3) is 5.67. The van der Waals surface area contributed by atoms with Crippen molar-refractivity contribution in [1.82, 2.24) is 4.90 Å². The van der Waals surface area contributed by atoms with Crippen molar-refractivity contribution in [3.05, 3.63) is 35.9 Å². The number of benzene rings is 1. The smallest absolute Gasteiger partial charge is 0.409 e. The van der Waals surface area contributed by atoms with Crippen molar-refractivity contribution in [3.63, 3.8) is 0 Å². The van der Waals surface area contributed by atoms with E-state index in [1.165, 1.54) is 31.2 Å². The monoisotopic (exact) mass is 353 g/mol. The Balaban J connectivity index is 0.00000208. The van der Waals surface area contributed by atoms with Gasteiger partial charge in [-0.3, -0.25) is 0 Å². The number of hydrogen-bond acceptors (Lipinski definition) is 2. The van der Waals surface area contributed by atoms with Crippen LogP contribution in [0.5, 0.6) is 0 Å². The third-order valence-electron chi connectivity index (χ3n) is 5.23. The van der Waals surface area contributed by atoms with E-state index >= 15 is 0 Å². The Morgan fingerprint density at radius 3 is 2.42 bits per heavy atom. The van der Waals surface area contributed by atoms with Gasteiger partial charge in [0.15, 0.2) is 0 Å². The lowest BCUT2D eigenvalue weighted by atomic mass is 9.86. The summed E-state index contributed by atoms with van der Waals surface area (Å²) in [4.78, 5) is 13.8. The first kappa shape index (κ1) is 19.1. The number of nitrogens with two attached hydrogens (primary N) is 1. The van der Waals surface area contributed by atoms with E-state index < -0.39 is 0 Å². The van der Waals surface area contributed by atoms with Gasteiger partial charge in [-0.2, -0.15) is 0 Å². The molecule has 0 unspecified atom stereocenters. The molecule has 1 aromatic carbocycles. The number of nitrogens with zero attached hydrogens (tertiary/aromatic N) is 1. The quantitative estimate of drug-likeness (QED) is 0.884. The molecule has 1 aromatic rings. The van der Waals surface area contributed by atoms with E-state index in [0.29, 0.717) is 12.5 Å². The van der Waals surface area contributed by atoms with Crippen LogP contribution in [0.2, 0.25) is 0 Å². The van der Waals surface area contributed by atoms with Crippen molar-refractivity contribution in [2.75, 3.05) is 19.7 Å². The summed E-state index contributed by atoms with van der Waals surface area (Å²) in [5.41, 5.74) is 1.40. The van der Waals surface area contributed by atoms with Crippen molar-refractivity contribution in [1.29, 1.82) is 0 Å². The van der Waals surface area contributed by atoms with Gasteiger partial charge < -0.3 is 15.0 Å². The van der Waals surface area contributed by atoms with Gasteiger partial charge in [0.1, 0.15) is 6.54 Å². The van der Waals surface area contributed by atoms with Crippen molar-refractivity contribution >= 4 is 18.5 Å². The Bertz CT molecular complexity index is 483. The first-order valence-electron chi connectivity index (χ1n) is 9.10. The van der Waals surface area contributed by atoms with Gasteiger partial charge in [-0.15, -0.1) is 12.4 Å². The summed E-state index contributed by atoms with van der Waals surface area (Å²) in [5, 5.41) is 2.47. The molecule has 2 N–H and O–H groups in total. The highest BCUT2D eigenvalue weighted by molar-refractivity contribution is 5.85. The standard InChI is InChI=1S/C19H28N2O2.ClH/c22-19(21-12-4-5-13-21)23-15-17-8-10-18(11-9-17)20-14-16-6-2-1-3-7-16;/h1-3,6-7,17-18,20H,4-5,8-15H2;1H/p+1. The Kier molecular flexibility index (Phi) is 7.86. The topological polar surface area (TPSA) is 46.1 Å². The summed E-state index contributed by atoms with van der Waals surface area (Å²) < 4.78 is 5.51. The number of halogens is 1. The second-order valence-corrected chi connectivity index (χ2v) is 6.98. The van der Waals surface area contributed by atoms with E-state index in [2.05, 4.69) is 35.6 Å². The van der Waals surface area contributed by atoms with Crippen LogP contribution < -0.4 is 5.32 Å². The Labute approximate surface area is 151 Å². The number of amides is 1. The molecule has 1 saturated carbocycles. The van der Waals surface area contributed by atoms with Crippen LogP contribution in [-0.4, -0.2) is 36.7 Å². The molecule has 1 aliphatic carbocycles. The average Bonchev–Trinajstić information content (AvgIpc) is 3.14. The largest absolute Gasteiger partial charge is 0.449 e. The van der Waals surface area contributed by atoms with Gasteiger partial charge in [-0.25, -0.2) is 4.79 Å². The number of quaternary nitrogens is 1. The normalized spacial score (nSPS) is 23.6. The molecular formula is C19H30ClN2O2+. The summed E-state index contributed by atoms with van der Waals surface area (Å²) >= 11 is 0. The molecule has 2 aliphatic rings. The summed E-state index contributed by atoms with van der Waals surface area (Å²) in [5.74, 6) is 0.558. The lowest BCUT2D eigenvalue weighted by Gasteiger charge is -2.27. The maximum Gasteiger partial charge on any atom is 0.409 e. The molecule has 0 bridgehead atoms. The molecule has 0 spiro atoms. The number of ether oxygens (including phenoxy) is 1. The molecule has 1 amide bonds. The average molecular weight is 354 g/mol. The number of rotatable bonds is 5. The van der Waals surface area contributed by atoms with Gasteiger partial charge in [0.25, 0.3) is 0 Å². The van der Waals surface area contributed by atoms with Crippen LogP contribution in [0.1, 0.15) is 44.1 Å². The third-order valence-corrected chi connectivity index (χ3v) is 5.23. The lowest BCUT2D eigenvalue weighted by molar-refractivity contribution is -0.707. The first-order chi connectivity index (χ1) is 11.3. The fourth-order valence-corrected chi connectivity index (χ4v) is 3.69. The fraction of sp³-hybridized carbons (Fsp3) is 0.632. The highest BCUT2D eigenvalue weighted by Crippen LogP contribution is 2.23. The van der Waals surface area contributed by atoms with Crippen molar-refractivity contribution in [3.8, 4) is 0 Å². The van der Waals surface area contributed by atoms with E-state index in [1.807, 2.05) is 4.90 Å². The molecule has 134 valence electrons. The molecule has 0 aromatic heterocycles. The minimum Gasteiger partial charge on any atom is -0.449 e.